The van der Waals surface area contributed by atoms with Crippen molar-refractivity contribution in [2.24, 2.45) is 23.7 Å². The normalized spacial score (nSPS) is 31.5. The lowest BCUT2D eigenvalue weighted by Crippen LogP contribution is -2.46. The number of phenols is 2. The molecule has 6 N–H and O–H groups in total. The number of aromatic hydroxyl groups is 2. The number of allylic oxidation sites excluding steroid dienone is 2. The van der Waals surface area contributed by atoms with Crippen molar-refractivity contribution in [3.05, 3.63) is 53.3 Å². The van der Waals surface area contributed by atoms with Gasteiger partial charge in [-0.2, -0.15) is 0 Å². The van der Waals surface area contributed by atoms with Crippen molar-refractivity contribution in [3.63, 3.8) is 0 Å². The number of ketones is 1. The number of aliphatic hydroxyl groups is 3. The molecular formula is C39H49NO14. The number of anilines is 1. The number of phenolic OH excluding ortho intramolecular Hbond substituents is 2. The number of nitrogens with one attached hydrogen (secondary N) is 1. The zero-order valence-electron chi connectivity index (χ0n) is 31.7. The van der Waals surface area contributed by atoms with Crippen molar-refractivity contribution in [3.8, 4) is 23.0 Å². The fraction of sp³-hybridized carbons (Fsp3) is 0.487. The van der Waals surface area contributed by atoms with Crippen LogP contribution in [0.25, 0.3) is 10.8 Å². The minimum absolute atomic E-state index is 0.0118. The molecule has 0 unspecified atom stereocenters. The Kier molecular flexibility index (Phi) is 12.8. The number of amides is 1. The summed E-state index contributed by atoms with van der Waals surface area (Å²) in [5.74, 6) is -9.62. The summed E-state index contributed by atoms with van der Waals surface area (Å²) < 4.78 is 28.7. The lowest BCUT2D eigenvalue weighted by atomic mass is 9.78. The molecule has 3 aliphatic heterocycles. The van der Waals surface area contributed by atoms with Gasteiger partial charge in [-0.05, 0) is 19.9 Å². The Morgan fingerprint density at radius 2 is 1.63 bits per heavy atom. The molecule has 0 aromatic heterocycles. The van der Waals surface area contributed by atoms with Gasteiger partial charge in [0.1, 0.15) is 30.0 Å². The van der Waals surface area contributed by atoms with Crippen LogP contribution in [0.2, 0.25) is 0 Å². The average molecular weight is 756 g/mol. The third-order valence-corrected chi connectivity index (χ3v) is 10.2. The number of hydrogen-bond donors (Lipinski definition) is 6. The quantitative estimate of drug-likeness (QED) is 0.148. The highest BCUT2D eigenvalue weighted by molar-refractivity contribution is 6.21. The second kappa shape index (κ2) is 16.6. The lowest BCUT2D eigenvalue weighted by Gasteiger charge is -2.38. The molecule has 0 radical (unpaired) electrons. The maximum atomic E-state index is 14.2. The molecular weight excluding hydrogens is 706 g/mol. The molecule has 3 aliphatic rings. The molecule has 0 spiro atoms. The minimum atomic E-state index is -2.07. The van der Waals surface area contributed by atoms with Crippen LogP contribution in [-0.2, 0) is 28.6 Å². The minimum Gasteiger partial charge on any atom is -0.507 e. The third kappa shape index (κ3) is 8.09. The number of methoxy groups -OCH3 is 1. The number of esters is 2. The molecule has 1 amide bonds. The summed E-state index contributed by atoms with van der Waals surface area (Å²) in [5.41, 5.74) is -0.365. The van der Waals surface area contributed by atoms with Gasteiger partial charge in [0.25, 0.3) is 11.7 Å². The molecule has 3 heterocycles. The Bertz CT molecular complexity index is 1900. The average Bonchev–Trinajstić information content (AvgIpc) is 3.39. The molecule has 15 nitrogen and oxygen atoms in total. The molecule has 5 bridgehead atoms. The van der Waals surface area contributed by atoms with Gasteiger partial charge in [0.15, 0.2) is 5.75 Å². The Morgan fingerprint density at radius 1 is 0.963 bits per heavy atom. The largest absolute Gasteiger partial charge is 0.507 e. The summed E-state index contributed by atoms with van der Waals surface area (Å²) in [5, 5.41) is 56.9. The zero-order chi connectivity index (χ0) is 40.4. The molecule has 2 aromatic rings. The number of fused-ring (bicyclic) bond motifs is 14. The van der Waals surface area contributed by atoms with Gasteiger partial charge in [0.2, 0.25) is 0 Å². The number of ether oxygens (including phenoxy) is 5. The first-order chi connectivity index (χ1) is 25.3. The number of benzene rings is 2. The van der Waals surface area contributed by atoms with E-state index in [1.165, 1.54) is 47.0 Å². The third-order valence-electron chi connectivity index (χ3n) is 10.2. The standard InChI is InChI=1S/C39H49NO14/c1-17-11-10-12-18(2)38(49)40-24-15-26(53-27(43)16-41)28-29(34(24)47)33(46)22(6)36-30(28)37(48)39(8,54-36)51-14-13-25(50-9)19(3)35(52-23(7)42)21(5)32(45)20(4)31(17)44/h10-15,17,19-21,25,31-32,35,41,44-47H,16H2,1-9H3,(H,40,49)/b11-10+,14-13+,18-12+/t17-,19+,20+,21+,25-,31-,32+,35+,39-/m0/s1. The van der Waals surface area contributed by atoms with E-state index in [2.05, 4.69) is 5.32 Å². The van der Waals surface area contributed by atoms with E-state index in [0.717, 1.165) is 12.3 Å². The van der Waals surface area contributed by atoms with Crippen molar-refractivity contribution in [2.75, 3.05) is 19.0 Å². The summed E-state index contributed by atoms with van der Waals surface area (Å²) in [6, 6.07) is 1.07. The monoisotopic (exact) mass is 755 g/mol. The summed E-state index contributed by atoms with van der Waals surface area (Å²) >= 11 is 0. The maximum Gasteiger partial charge on any atom is 0.337 e. The Hall–Kier alpha value is -4.96. The summed E-state index contributed by atoms with van der Waals surface area (Å²) in [6.45, 7) is 11.2. The van der Waals surface area contributed by atoms with Gasteiger partial charge in [0, 0.05) is 67.2 Å². The van der Waals surface area contributed by atoms with E-state index in [9.17, 15) is 44.7 Å². The maximum absolute atomic E-state index is 14.2. The Balaban J connectivity index is 1.94. The second-order valence-corrected chi connectivity index (χ2v) is 14.0. The van der Waals surface area contributed by atoms with E-state index in [0.29, 0.717) is 0 Å². The topological polar surface area (TPSA) is 228 Å². The molecule has 0 saturated heterocycles. The Morgan fingerprint density at radius 3 is 2.24 bits per heavy atom. The molecule has 9 atom stereocenters. The molecule has 2 aromatic carbocycles. The van der Waals surface area contributed by atoms with Crippen molar-refractivity contribution in [1.29, 1.82) is 0 Å². The molecule has 0 saturated carbocycles. The van der Waals surface area contributed by atoms with Gasteiger partial charge in [-0.3, -0.25) is 14.4 Å². The molecule has 0 aliphatic carbocycles. The first-order valence-corrected chi connectivity index (χ1v) is 17.5. The number of hydrogen-bond acceptors (Lipinski definition) is 14. The summed E-state index contributed by atoms with van der Waals surface area (Å²) in [6.07, 6.45) is 3.32. The molecule has 0 fully saturated rings. The molecule has 15 heteroatoms. The highest BCUT2D eigenvalue weighted by Gasteiger charge is 2.50. The van der Waals surface area contributed by atoms with Crippen LogP contribution in [0.15, 0.2) is 42.2 Å². The van der Waals surface area contributed by atoms with Gasteiger partial charge in [0.05, 0.1) is 41.2 Å². The second-order valence-electron chi connectivity index (χ2n) is 14.0. The van der Waals surface area contributed by atoms with Crippen LogP contribution in [0.1, 0.15) is 64.4 Å². The van der Waals surface area contributed by atoms with Gasteiger partial charge in [-0.1, -0.05) is 45.9 Å². The smallest absolute Gasteiger partial charge is 0.337 e. The fourth-order valence-electron chi connectivity index (χ4n) is 6.87. The van der Waals surface area contributed by atoms with E-state index in [1.54, 1.807) is 39.8 Å². The summed E-state index contributed by atoms with van der Waals surface area (Å²) in [4.78, 5) is 52.2. The van der Waals surface area contributed by atoms with Crippen LogP contribution in [0.5, 0.6) is 23.0 Å². The number of aliphatic hydroxyl groups excluding tert-OH is 3. The van der Waals surface area contributed by atoms with Crippen LogP contribution < -0.4 is 14.8 Å². The fourth-order valence-corrected chi connectivity index (χ4v) is 6.87. The predicted molar refractivity (Wildman–Crippen MR) is 195 cm³/mol. The number of carbonyl (C=O) groups excluding carboxylic acids is 4. The van der Waals surface area contributed by atoms with Crippen molar-refractivity contribution in [1.82, 2.24) is 0 Å². The van der Waals surface area contributed by atoms with Gasteiger partial charge in [-0.15, -0.1) is 0 Å². The Labute approximate surface area is 312 Å². The SMILES string of the molecule is CO[C@H]1/C=C/O[C@@]2(C)Oc3c(C)c(O)c4c(O)c(cc(OC(=O)CO)c4c3C2=O)NC(=O)/C(C)=C/C=C/[C@H](C)[C@H](O)[C@@H](C)[C@@H](O)[C@@H](C)[C@H](OC(C)=O)[C@@H]1C. The number of rotatable bonds is 4. The van der Waals surface area contributed by atoms with Crippen LogP contribution in [0, 0.1) is 30.6 Å². The van der Waals surface area contributed by atoms with Crippen LogP contribution in [0.3, 0.4) is 0 Å². The van der Waals surface area contributed by atoms with E-state index in [-0.39, 0.29) is 38.9 Å². The van der Waals surface area contributed by atoms with E-state index < -0.39 is 101 Å². The van der Waals surface area contributed by atoms with E-state index in [4.69, 9.17) is 23.7 Å². The van der Waals surface area contributed by atoms with Crippen molar-refractivity contribution >= 4 is 40.1 Å². The predicted octanol–water partition coefficient (Wildman–Crippen LogP) is 3.95. The number of Topliss-reactive ketones (excluding diaryl/α,β-unsaturated/α-hetero) is 1. The number of carbonyl (C=O) groups is 4. The van der Waals surface area contributed by atoms with Crippen LogP contribution in [0.4, 0.5) is 5.69 Å². The van der Waals surface area contributed by atoms with Crippen LogP contribution in [-0.4, -0.2) is 93.1 Å². The molecule has 5 rings (SSSR count). The van der Waals surface area contributed by atoms with Crippen molar-refractivity contribution in [2.45, 2.75) is 85.6 Å². The highest BCUT2D eigenvalue weighted by atomic mass is 16.7. The first kappa shape index (κ1) is 41.8. The van der Waals surface area contributed by atoms with E-state index >= 15 is 0 Å². The van der Waals surface area contributed by atoms with Gasteiger partial charge >= 0.3 is 17.7 Å². The molecule has 54 heavy (non-hydrogen) atoms. The first-order valence-electron chi connectivity index (χ1n) is 17.5. The zero-order valence-corrected chi connectivity index (χ0v) is 31.7. The molecule has 294 valence electrons. The van der Waals surface area contributed by atoms with Crippen LogP contribution >= 0.6 is 0 Å². The summed E-state index contributed by atoms with van der Waals surface area (Å²) in [7, 11) is 1.41. The van der Waals surface area contributed by atoms with Gasteiger partial charge < -0.3 is 54.5 Å². The van der Waals surface area contributed by atoms with Gasteiger partial charge in [-0.25, -0.2) is 4.79 Å². The highest BCUT2D eigenvalue weighted by Crippen LogP contribution is 2.54. The van der Waals surface area contributed by atoms with E-state index in [1.807, 2.05) is 0 Å². The lowest BCUT2D eigenvalue weighted by molar-refractivity contribution is -0.160. The van der Waals surface area contributed by atoms with Crippen molar-refractivity contribution < 1.29 is 68.4 Å².